The minimum atomic E-state index is -0.171. The van der Waals surface area contributed by atoms with Crippen LogP contribution in [-0.2, 0) is 5.41 Å². The van der Waals surface area contributed by atoms with Crippen molar-refractivity contribution in [1.82, 2.24) is 14.6 Å². The lowest BCUT2D eigenvalue weighted by molar-refractivity contribution is 0.305. The van der Waals surface area contributed by atoms with E-state index in [0.29, 0.717) is 0 Å². The third-order valence-corrected chi connectivity index (χ3v) is 5.92. The lowest BCUT2D eigenvalue weighted by atomic mass is 9.68. The number of thiophene rings is 1. The quantitative estimate of drug-likeness (QED) is 0.688. The number of rotatable bonds is 1. The van der Waals surface area contributed by atoms with Crippen LogP contribution in [-0.4, -0.2) is 25.8 Å². The summed E-state index contributed by atoms with van der Waals surface area (Å²) in [5.74, 6) is 0. The Morgan fingerprint density at radius 1 is 1.14 bits per heavy atom. The Morgan fingerprint density at radius 2 is 1.95 bits per heavy atom. The van der Waals surface area contributed by atoms with Crippen LogP contribution in [0.15, 0.2) is 41.1 Å². The standard InChI is InChI=1S/C17H18N4S/c1-16(2)12-6-8-22-15(12)14(20-17(16,3)4)11-9-18-13-5-7-19-21(13)10-11/h5-10H,1-4H3. The molecule has 1 aliphatic heterocycles. The maximum Gasteiger partial charge on any atom is 0.154 e. The Labute approximate surface area is 133 Å². The monoisotopic (exact) mass is 310 g/mol. The van der Waals surface area contributed by atoms with Crippen molar-refractivity contribution in [2.24, 2.45) is 4.99 Å². The van der Waals surface area contributed by atoms with Crippen molar-refractivity contribution in [2.75, 3.05) is 0 Å². The van der Waals surface area contributed by atoms with Crippen molar-refractivity contribution >= 4 is 22.7 Å². The van der Waals surface area contributed by atoms with Gasteiger partial charge in [0.15, 0.2) is 5.65 Å². The van der Waals surface area contributed by atoms with Crippen LogP contribution in [0.3, 0.4) is 0 Å². The summed E-state index contributed by atoms with van der Waals surface area (Å²) < 4.78 is 1.80. The average Bonchev–Trinajstić information content (AvgIpc) is 3.11. The van der Waals surface area contributed by atoms with E-state index in [-0.39, 0.29) is 11.0 Å². The SMILES string of the molecule is CC1(C)N=C(c2cnc3ccnn3c2)c2sccc2C1(C)C. The van der Waals surface area contributed by atoms with Gasteiger partial charge in [0, 0.05) is 29.4 Å². The van der Waals surface area contributed by atoms with Gasteiger partial charge in [-0.25, -0.2) is 9.50 Å². The predicted molar refractivity (Wildman–Crippen MR) is 90.1 cm³/mol. The molecule has 0 aliphatic carbocycles. The van der Waals surface area contributed by atoms with Crippen LogP contribution in [0, 0.1) is 0 Å². The smallest absolute Gasteiger partial charge is 0.154 e. The maximum atomic E-state index is 5.09. The number of aliphatic imine (C=N–C) groups is 1. The van der Waals surface area contributed by atoms with E-state index in [0.717, 1.165) is 16.9 Å². The molecule has 3 aromatic heterocycles. The molecule has 0 amide bonds. The zero-order chi connectivity index (χ0) is 15.5. The molecule has 3 aromatic rings. The van der Waals surface area contributed by atoms with Gasteiger partial charge in [0.2, 0.25) is 0 Å². The van der Waals surface area contributed by atoms with E-state index < -0.39 is 0 Å². The number of nitrogens with zero attached hydrogens (tertiary/aromatic N) is 4. The largest absolute Gasteiger partial charge is 0.276 e. The predicted octanol–water partition coefficient (Wildman–Crippen LogP) is 3.70. The van der Waals surface area contributed by atoms with Gasteiger partial charge >= 0.3 is 0 Å². The van der Waals surface area contributed by atoms with Crippen molar-refractivity contribution in [2.45, 2.75) is 38.6 Å². The molecule has 0 atom stereocenters. The van der Waals surface area contributed by atoms with E-state index in [2.05, 4.69) is 49.2 Å². The van der Waals surface area contributed by atoms with Gasteiger partial charge in [-0.3, -0.25) is 4.99 Å². The van der Waals surface area contributed by atoms with Gasteiger partial charge in [0.05, 0.1) is 22.3 Å². The lowest BCUT2D eigenvalue weighted by Gasteiger charge is -2.43. The summed E-state index contributed by atoms with van der Waals surface area (Å²) in [5.41, 5.74) is 4.10. The molecule has 0 saturated carbocycles. The first-order valence-corrected chi connectivity index (χ1v) is 8.26. The van der Waals surface area contributed by atoms with E-state index in [9.17, 15) is 0 Å². The van der Waals surface area contributed by atoms with Gasteiger partial charge in [0.1, 0.15) is 0 Å². The van der Waals surface area contributed by atoms with Gasteiger partial charge in [-0.1, -0.05) is 13.8 Å². The number of hydrogen-bond donors (Lipinski definition) is 0. The molecule has 4 heterocycles. The average molecular weight is 310 g/mol. The van der Waals surface area contributed by atoms with Gasteiger partial charge in [-0.2, -0.15) is 5.10 Å². The second kappa shape index (κ2) is 4.26. The van der Waals surface area contributed by atoms with Crippen molar-refractivity contribution in [1.29, 1.82) is 0 Å². The molecule has 0 unspecified atom stereocenters. The Bertz CT molecular complexity index is 898. The Kier molecular flexibility index (Phi) is 2.64. The summed E-state index contributed by atoms with van der Waals surface area (Å²) in [6.45, 7) is 8.95. The minimum absolute atomic E-state index is 0.00899. The highest BCUT2D eigenvalue weighted by Crippen LogP contribution is 2.45. The van der Waals surface area contributed by atoms with Crippen LogP contribution in [0.5, 0.6) is 0 Å². The maximum absolute atomic E-state index is 5.09. The van der Waals surface area contributed by atoms with E-state index in [4.69, 9.17) is 4.99 Å². The minimum Gasteiger partial charge on any atom is -0.276 e. The van der Waals surface area contributed by atoms with Crippen molar-refractivity contribution in [3.05, 3.63) is 52.1 Å². The van der Waals surface area contributed by atoms with Crippen LogP contribution >= 0.6 is 11.3 Å². The Hall–Kier alpha value is -2.01. The van der Waals surface area contributed by atoms with Crippen LogP contribution in [0.2, 0.25) is 0 Å². The van der Waals surface area contributed by atoms with Crippen LogP contribution in [0.25, 0.3) is 5.65 Å². The van der Waals surface area contributed by atoms with Gasteiger partial charge in [0.25, 0.3) is 0 Å². The zero-order valence-corrected chi connectivity index (χ0v) is 14.0. The molecule has 0 bridgehead atoms. The van der Waals surface area contributed by atoms with Crippen molar-refractivity contribution in [3.63, 3.8) is 0 Å². The highest BCUT2D eigenvalue weighted by atomic mass is 32.1. The molecular weight excluding hydrogens is 292 g/mol. The normalized spacial score (nSPS) is 19.0. The first-order valence-electron chi connectivity index (χ1n) is 7.38. The van der Waals surface area contributed by atoms with E-state index in [1.807, 2.05) is 18.5 Å². The van der Waals surface area contributed by atoms with Crippen LogP contribution < -0.4 is 0 Å². The first kappa shape index (κ1) is 13.6. The lowest BCUT2D eigenvalue weighted by Crippen LogP contribution is -2.45. The molecule has 0 radical (unpaired) electrons. The van der Waals surface area contributed by atoms with Crippen molar-refractivity contribution in [3.8, 4) is 0 Å². The molecule has 112 valence electrons. The summed E-state index contributed by atoms with van der Waals surface area (Å²) in [4.78, 5) is 10.8. The molecular formula is C17H18N4S. The summed E-state index contributed by atoms with van der Waals surface area (Å²) >= 11 is 1.75. The molecule has 4 rings (SSSR count). The Morgan fingerprint density at radius 3 is 2.77 bits per heavy atom. The zero-order valence-electron chi connectivity index (χ0n) is 13.2. The Balaban J connectivity index is 1.96. The summed E-state index contributed by atoms with van der Waals surface area (Å²) in [6.07, 6.45) is 5.67. The fourth-order valence-corrected chi connectivity index (χ4v) is 3.98. The highest BCUT2D eigenvalue weighted by Gasteiger charge is 2.44. The second-order valence-electron chi connectivity index (χ2n) is 6.78. The molecule has 1 aliphatic rings. The molecule has 22 heavy (non-hydrogen) atoms. The van der Waals surface area contributed by atoms with Crippen molar-refractivity contribution < 1.29 is 0 Å². The summed E-state index contributed by atoms with van der Waals surface area (Å²) in [6, 6.07) is 4.13. The molecule has 0 fully saturated rings. The van der Waals surface area contributed by atoms with Crippen LogP contribution in [0.1, 0.15) is 43.7 Å². The number of fused-ring (bicyclic) bond motifs is 2. The topological polar surface area (TPSA) is 42.5 Å². The van der Waals surface area contributed by atoms with Gasteiger partial charge in [-0.05, 0) is 30.9 Å². The molecule has 0 aromatic carbocycles. The first-order chi connectivity index (χ1) is 10.4. The number of hydrogen-bond acceptors (Lipinski definition) is 4. The molecule has 0 spiro atoms. The van der Waals surface area contributed by atoms with E-state index in [1.165, 1.54) is 10.4 Å². The second-order valence-corrected chi connectivity index (χ2v) is 7.70. The van der Waals surface area contributed by atoms with E-state index >= 15 is 0 Å². The summed E-state index contributed by atoms with van der Waals surface area (Å²) in [7, 11) is 0. The third-order valence-electron chi connectivity index (χ3n) is 4.99. The number of aromatic nitrogens is 3. The third kappa shape index (κ3) is 1.72. The molecule has 0 N–H and O–H groups in total. The fraction of sp³-hybridized carbons (Fsp3) is 0.353. The molecule has 4 nitrogen and oxygen atoms in total. The fourth-order valence-electron chi connectivity index (χ4n) is 2.91. The molecule has 5 heteroatoms. The van der Waals surface area contributed by atoms with Gasteiger partial charge < -0.3 is 0 Å². The highest BCUT2D eigenvalue weighted by molar-refractivity contribution is 7.12. The van der Waals surface area contributed by atoms with Gasteiger partial charge in [-0.15, -0.1) is 11.3 Å². The van der Waals surface area contributed by atoms with Crippen LogP contribution in [0.4, 0.5) is 0 Å². The summed E-state index contributed by atoms with van der Waals surface area (Å²) in [5, 5.41) is 6.44. The molecule has 0 saturated heterocycles. The van der Waals surface area contributed by atoms with E-state index in [1.54, 1.807) is 22.0 Å².